The van der Waals surface area contributed by atoms with E-state index in [1.165, 1.54) is 38.3 Å². The maximum absolute atomic E-state index is 14.0. The van der Waals surface area contributed by atoms with Gasteiger partial charge < -0.3 is 20.1 Å². The number of rotatable bonds is 7. The highest BCUT2D eigenvalue weighted by Crippen LogP contribution is 2.29. The van der Waals surface area contributed by atoms with Gasteiger partial charge in [0.25, 0.3) is 5.91 Å². The van der Waals surface area contributed by atoms with Crippen molar-refractivity contribution >= 4 is 23.2 Å². The molecule has 2 N–H and O–H groups in total. The third-order valence-corrected chi connectivity index (χ3v) is 3.32. The lowest BCUT2D eigenvalue weighted by molar-refractivity contribution is -0.114. The summed E-state index contributed by atoms with van der Waals surface area (Å²) >= 11 is 0. The molecular weight excluding hydrogens is 339 g/mol. The summed E-state index contributed by atoms with van der Waals surface area (Å²) in [7, 11) is 1.45. The van der Waals surface area contributed by atoms with E-state index >= 15 is 0 Å². The Kier molecular flexibility index (Phi) is 6.32. The number of ether oxygens (including phenoxy) is 2. The quantitative estimate of drug-likeness (QED) is 0.742. The van der Waals surface area contributed by atoms with E-state index in [4.69, 9.17) is 9.47 Å². The molecule has 0 bridgehead atoms. The van der Waals surface area contributed by atoms with Gasteiger partial charge in [0.1, 0.15) is 12.4 Å². The van der Waals surface area contributed by atoms with Crippen LogP contribution in [0.25, 0.3) is 0 Å². The Morgan fingerprint density at radius 2 is 1.92 bits per heavy atom. The van der Waals surface area contributed by atoms with Crippen molar-refractivity contribution in [2.24, 2.45) is 0 Å². The lowest BCUT2D eigenvalue weighted by Gasteiger charge is -2.12. The number of amides is 2. The fourth-order valence-corrected chi connectivity index (χ4v) is 2.17. The molecule has 0 aliphatic heterocycles. The first-order valence-electron chi connectivity index (χ1n) is 7.74. The van der Waals surface area contributed by atoms with Gasteiger partial charge in [-0.25, -0.2) is 4.39 Å². The molecule has 0 unspecified atom stereocenters. The van der Waals surface area contributed by atoms with Gasteiger partial charge in [0.05, 0.1) is 12.8 Å². The summed E-state index contributed by atoms with van der Waals surface area (Å²) in [5.74, 6) is -0.619. The third-order valence-electron chi connectivity index (χ3n) is 3.32. The largest absolute Gasteiger partial charge is 0.493 e. The van der Waals surface area contributed by atoms with E-state index in [9.17, 15) is 14.0 Å². The van der Waals surface area contributed by atoms with Gasteiger partial charge in [-0.05, 0) is 36.4 Å². The fourth-order valence-electron chi connectivity index (χ4n) is 2.17. The molecule has 0 heterocycles. The highest BCUT2D eigenvalue weighted by molar-refractivity contribution is 6.05. The molecule has 0 saturated heterocycles. The molecule has 26 heavy (non-hydrogen) atoms. The van der Waals surface area contributed by atoms with Crippen LogP contribution < -0.4 is 20.1 Å². The Bertz CT molecular complexity index is 836. The first kappa shape index (κ1) is 19.0. The summed E-state index contributed by atoms with van der Waals surface area (Å²) in [5, 5.41) is 5.01. The fraction of sp³-hybridized carbons (Fsp3) is 0.158. The van der Waals surface area contributed by atoms with Gasteiger partial charge in [-0.15, -0.1) is 0 Å². The second-order valence-corrected chi connectivity index (χ2v) is 5.30. The average molecular weight is 358 g/mol. The summed E-state index contributed by atoms with van der Waals surface area (Å²) in [6, 6.07) is 8.51. The number of anilines is 2. The van der Waals surface area contributed by atoms with E-state index in [1.807, 2.05) is 0 Å². The second-order valence-electron chi connectivity index (χ2n) is 5.30. The second kappa shape index (κ2) is 8.66. The number of carbonyl (C=O) groups is 2. The predicted molar refractivity (Wildman–Crippen MR) is 97.3 cm³/mol. The van der Waals surface area contributed by atoms with E-state index in [-0.39, 0.29) is 17.2 Å². The van der Waals surface area contributed by atoms with Crippen LogP contribution in [-0.2, 0) is 4.79 Å². The van der Waals surface area contributed by atoms with Crippen LogP contribution in [0.5, 0.6) is 11.5 Å². The van der Waals surface area contributed by atoms with Gasteiger partial charge in [-0.2, -0.15) is 0 Å². The van der Waals surface area contributed by atoms with E-state index in [0.29, 0.717) is 23.8 Å². The van der Waals surface area contributed by atoms with Crippen molar-refractivity contribution in [3.63, 3.8) is 0 Å². The topological polar surface area (TPSA) is 76.7 Å². The first-order valence-corrected chi connectivity index (χ1v) is 7.74. The molecule has 0 spiro atoms. The Morgan fingerprint density at radius 1 is 1.15 bits per heavy atom. The van der Waals surface area contributed by atoms with Crippen molar-refractivity contribution in [2.45, 2.75) is 6.92 Å². The number of methoxy groups -OCH3 is 1. The zero-order valence-electron chi connectivity index (χ0n) is 14.5. The third kappa shape index (κ3) is 4.83. The minimum Gasteiger partial charge on any atom is -0.493 e. The van der Waals surface area contributed by atoms with E-state index < -0.39 is 11.7 Å². The van der Waals surface area contributed by atoms with Gasteiger partial charge in [0.2, 0.25) is 5.91 Å². The summed E-state index contributed by atoms with van der Waals surface area (Å²) in [6.45, 7) is 5.20. The zero-order valence-corrected chi connectivity index (χ0v) is 14.5. The van der Waals surface area contributed by atoms with Crippen molar-refractivity contribution in [3.05, 3.63) is 60.4 Å². The Balaban J connectivity index is 2.21. The van der Waals surface area contributed by atoms with Crippen LogP contribution in [0.2, 0.25) is 0 Å². The van der Waals surface area contributed by atoms with Crippen LogP contribution in [0.1, 0.15) is 17.3 Å². The minimum atomic E-state index is -0.620. The van der Waals surface area contributed by atoms with Crippen molar-refractivity contribution in [1.82, 2.24) is 0 Å². The number of carbonyl (C=O) groups excluding carboxylic acids is 2. The SMILES string of the molecule is C=CCOc1ccc(C(=O)Nc2cc(NC(C)=O)ccc2F)cc1OC. The maximum Gasteiger partial charge on any atom is 0.255 e. The molecule has 0 fully saturated rings. The summed E-state index contributed by atoms with van der Waals surface area (Å²) in [4.78, 5) is 23.5. The van der Waals surface area contributed by atoms with E-state index in [0.717, 1.165) is 6.07 Å². The highest BCUT2D eigenvalue weighted by Gasteiger charge is 2.14. The average Bonchev–Trinajstić information content (AvgIpc) is 2.62. The van der Waals surface area contributed by atoms with Crippen molar-refractivity contribution in [2.75, 3.05) is 24.4 Å². The monoisotopic (exact) mass is 358 g/mol. The lowest BCUT2D eigenvalue weighted by atomic mass is 10.1. The molecule has 0 atom stereocenters. The van der Waals surface area contributed by atoms with Crippen molar-refractivity contribution in [1.29, 1.82) is 0 Å². The molecule has 2 aromatic rings. The van der Waals surface area contributed by atoms with Gasteiger partial charge >= 0.3 is 0 Å². The van der Waals surface area contributed by atoms with Crippen LogP contribution in [0.4, 0.5) is 15.8 Å². The molecule has 0 radical (unpaired) electrons. The Hall–Kier alpha value is -3.35. The molecule has 2 aromatic carbocycles. The molecule has 2 amide bonds. The Morgan fingerprint density at radius 3 is 2.58 bits per heavy atom. The van der Waals surface area contributed by atoms with Gasteiger partial charge in [0, 0.05) is 18.2 Å². The van der Waals surface area contributed by atoms with Crippen LogP contribution >= 0.6 is 0 Å². The number of benzene rings is 2. The number of halogens is 1. The summed E-state index contributed by atoms with van der Waals surface area (Å²) < 4.78 is 24.6. The van der Waals surface area contributed by atoms with Crippen molar-refractivity contribution < 1.29 is 23.5 Å². The molecule has 6 nitrogen and oxygen atoms in total. The predicted octanol–water partition coefficient (Wildman–Crippen LogP) is 3.61. The Labute approximate surface area is 150 Å². The molecule has 2 rings (SSSR count). The lowest BCUT2D eigenvalue weighted by Crippen LogP contribution is -2.14. The first-order chi connectivity index (χ1) is 12.4. The molecule has 0 aliphatic rings. The standard InChI is InChI=1S/C19H19FN2O4/c1-4-9-26-17-8-5-13(10-18(17)25-3)19(24)22-16-11-14(21-12(2)23)6-7-15(16)20/h4-8,10-11H,1,9H2,2-3H3,(H,21,23)(H,22,24). The molecule has 136 valence electrons. The van der Waals surface area contributed by atoms with Gasteiger partial charge in [-0.3, -0.25) is 9.59 Å². The van der Waals surface area contributed by atoms with Crippen LogP contribution in [0, 0.1) is 5.82 Å². The highest BCUT2D eigenvalue weighted by atomic mass is 19.1. The molecule has 7 heteroatoms. The van der Waals surface area contributed by atoms with Gasteiger partial charge in [-0.1, -0.05) is 12.7 Å². The summed E-state index contributed by atoms with van der Waals surface area (Å²) in [5.41, 5.74) is 0.587. The maximum atomic E-state index is 14.0. The smallest absolute Gasteiger partial charge is 0.255 e. The zero-order chi connectivity index (χ0) is 19.1. The van der Waals surface area contributed by atoms with E-state index in [1.54, 1.807) is 12.1 Å². The van der Waals surface area contributed by atoms with E-state index in [2.05, 4.69) is 17.2 Å². The number of nitrogens with one attached hydrogen (secondary N) is 2. The molecule has 0 aromatic heterocycles. The molecule has 0 saturated carbocycles. The normalized spacial score (nSPS) is 9.96. The summed E-state index contributed by atoms with van der Waals surface area (Å²) in [6.07, 6.45) is 1.59. The minimum absolute atomic E-state index is 0.0489. The number of hydrogen-bond acceptors (Lipinski definition) is 4. The molecular formula is C19H19FN2O4. The molecule has 0 aliphatic carbocycles. The number of hydrogen-bond donors (Lipinski definition) is 2. The van der Waals surface area contributed by atoms with Crippen LogP contribution in [-0.4, -0.2) is 25.5 Å². The van der Waals surface area contributed by atoms with Crippen LogP contribution in [0.3, 0.4) is 0 Å². The van der Waals surface area contributed by atoms with Crippen molar-refractivity contribution in [3.8, 4) is 11.5 Å². The van der Waals surface area contributed by atoms with Crippen LogP contribution in [0.15, 0.2) is 49.1 Å². The van der Waals surface area contributed by atoms with Gasteiger partial charge in [0.15, 0.2) is 11.5 Å².